The molecule has 2 N–H and O–H groups in total. The molecule has 0 atom stereocenters. The van der Waals surface area contributed by atoms with E-state index in [1.165, 1.54) is 18.5 Å². The molecule has 170 valence electrons. The highest BCUT2D eigenvalue weighted by atomic mass is 35.5. The second kappa shape index (κ2) is 10.4. The van der Waals surface area contributed by atoms with E-state index in [4.69, 9.17) is 37.4 Å². The number of benzene rings is 1. The van der Waals surface area contributed by atoms with Gasteiger partial charge in [-0.2, -0.15) is 0 Å². The Morgan fingerprint density at radius 1 is 1.22 bits per heavy atom. The van der Waals surface area contributed by atoms with Crippen LogP contribution in [0.3, 0.4) is 0 Å². The van der Waals surface area contributed by atoms with Crippen molar-refractivity contribution in [2.45, 2.75) is 6.42 Å². The standard InChI is InChI=1S/C22H24Cl2N4O4/c1-30-18-4-3-14-17(26-21-15(23)12-25-13-16(21)24)11-19(29)27-20(14)22(18)32-8-2-5-28-6-9-31-10-7-28/h3-4,11-13H,2,5-10H2,1H3,(H2,25,26,27,29). The van der Waals surface area contributed by atoms with Gasteiger partial charge in [0, 0.05) is 43.5 Å². The quantitative estimate of drug-likeness (QED) is 0.471. The molecule has 3 heterocycles. The Bertz CT molecular complexity index is 1130. The number of nitrogens with one attached hydrogen (secondary N) is 2. The number of hydrogen-bond acceptors (Lipinski definition) is 7. The number of ether oxygens (including phenoxy) is 3. The minimum Gasteiger partial charge on any atom is -0.493 e. The van der Waals surface area contributed by atoms with Gasteiger partial charge in [-0.05, 0) is 18.6 Å². The van der Waals surface area contributed by atoms with Gasteiger partial charge in [0.15, 0.2) is 11.5 Å². The molecular weight excluding hydrogens is 455 g/mol. The molecule has 4 rings (SSSR count). The van der Waals surface area contributed by atoms with E-state index in [1.807, 2.05) is 6.07 Å². The van der Waals surface area contributed by atoms with Crippen molar-refractivity contribution in [1.82, 2.24) is 14.9 Å². The molecule has 1 aliphatic heterocycles. The van der Waals surface area contributed by atoms with E-state index in [2.05, 4.69) is 20.2 Å². The van der Waals surface area contributed by atoms with Crippen molar-refractivity contribution in [2.75, 3.05) is 51.9 Å². The van der Waals surface area contributed by atoms with Crippen LogP contribution in [0.2, 0.25) is 10.0 Å². The van der Waals surface area contributed by atoms with Crippen LogP contribution in [0.15, 0.2) is 35.4 Å². The highest BCUT2D eigenvalue weighted by molar-refractivity contribution is 6.39. The first kappa shape index (κ1) is 22.7. The number of fused-ring (bicyclic) bond motifs is 1. The summed E-state index contributed by atoms with van der Waals surface area (Å²) in [6.07, 6.45) is 3.80. The van der Waals surface area contributed by atoms with Gasteiger partial charge in [-0.15, -0.1) is 0 Å². The van der Waals surface area contributed by atoms with Crippen molar-refractivity contribution >= 4 is 45.5 Å². The van der Waals surface area contributed by atoms with Crippen LogP contribution >= 0.6 is 23.2 Å². The number of H-pyrrole nitrogens is 1. The van der Waals surface area contributed by atoms with Gasteiger partial charge in [-0.3, -0.25) is 14.7 Å². The van der Waals surface area contributed by atoms with Gasteiger partial charge in [0.1, 0.15) is 0 Å². The maximum atomic E-state index is 12.5. The lowest BCUT2D eigenvalue weighted by Crippen LogP contribution is -2.37. The average Bonchev–Trinajstić information content (AvgIpc) is 2.79. The molecule has 10 heteroatoms. The first-order valence-electron chi connectivity index (χ1n) is 10.3. The first-order valence-corrected chi connectivity index (χ1v) is 11.1. The minimum absolute atomic E-state index is 0.298. The summed E-state index contributed by atoms with van der Waals surface area (Å²) in [6, 6.07) is 5.10. The number of morpholine rings is 1. The number of anilines is 2. The summed E-state index contributed by atoms with van der Waals surface area (Å²) in [5.74, 6) is 1.02. The summed E-state index contributed by atoms with van der Waals surface area (Å²) in [6.45, 7) is 4.79. The SMILES string of the molecule is COc1ccc2c(Nc3c(Cl)cncc3Cl)cc(=O)[nH]c2c1OCCCN1CCOCC1. The third kappa shape index (κ3) is 5.10. The van der Waals surface area contributed by atoms with Gasteiger partial charge in [0.05, 0.1) is 53.9 Å². The lowest BCUT2D eigenvalue weighted by atomic mass is 10.1. The van der Waals surface area contributed by atoms with Gasteiger partial charge >= 0.3 is 0 Å². The first-order chi connectivity index (χ1) is 15.6. The fourth-order valence-corrected chi connectivity index (χ4v) is 4.10. The smallest absolute Gasteiger partial charge is 0.250 e. The molecular formula is C22H24Cl2N4O4. The van der Waals surface area contributed by atoms with Gasteiger partial charge < -0.3 is 24.5 Å². The largest absolute Gasteiger partial charge is 0.493 e. The zero-order chi connectivity index (χ0) is 22.5. The molecule has 1 fully saturated rings. The van der Waals surface area contributed by atoms with Crippen LogP contribution in [0.4, 0.5) is 11.4 Å². The average molecular weight is 479 g/mol. The molecule has 1 aromatic carbocycles. The number of hydrogen-bond donors (Lipinski definition) is 2. The number of halogens is 2. The summed E-state index contributed by atoms with van der Waals surface area (Å²) in [4.78, 5) is 21.6. The molecule has 1 aliphatic rings. The second-order valence-corrected chi connectivity index (χ2v) is 8.14. The Kier molecular flexibility index (Phi) is 7.36. The molecule has 0 amide bonds. The van der Waals surface area contributed by atoms with Crippen molar-refractivity contribution in [3.8, 4) is 11.5 Å². The van der Waals surface area contributed by atoms with Crippen LogP contribution < -0.4 is 20.3 Å². The Balaban J connectivity index is 1.61. The van der Waals surface area contributed by atoms with Gasteiger partial charge in [-0.25, -0.2) is 0 Å². The van der Waals surface area contributed by atoms with Crippen LogP contribution in [0, 0.1) is 0 Å². The van der Waals surface area contributed by atoms with E-state index in [1.54, 1.807) is 13.2 Å². The van der Waals surface area contributed by atoms with E-state index < -0.39 is 0 Å². The van der Waals surface area contributed by atoms with Gasteiger partial charge in [0.25, 0.3) is 5.56 Å². The molecule has 3 aromatic rings. The molecule has 1 saturated heterocycles. The Labute approximate surface area is 195 Å². The highest BCUT2D eigenvalue weighted by Crippen LogP contribution is 2.39. The lowest BCUT2D eigenvalue weighted by Gasteiger charge is -2.26. The summed E-state index contributed by atoms with van der Waals surface area (Å²) in [7, 11) is 1.57. The fraction of sp³-hybridized carbons (Fsp3) is 0.364. The molecule has 0 bridgehead atoms. The molecule has 0 spiro atoms. The molecule has 0 unspecified atom stereocenters. The minimum atomic E-state index is -0.298. The Morgan fingerprint density at radius 3 is 2.69 bits per heavy atom. The number of aromatic amines is 1. The number of aromatic nitrogens is 2. The monoisotopic (exact) mass is 478 g/mol. The van der Waals surface area contributed by atoms with E-state index in [0.29, 0.717) is 45.0 Å². The van der Waals surface area contributed by atoms with Crippen LogP contribution in [0.1, 0.15) is 6.42 Å². The van der Waals surface area contributed by atoms with Crippen LogP contribution in [-0.4, -0.2) is 61.4 Å². The predicted molar refractivity (Wildman–Crippen MR) is 126 cm³/mol. The van der Waals surface area contributed by atoms with Crippen molar-refractivity contribution in [3.63, 3.8) is 0 Å². The molecule has 0 saturated carbocycles. The van der Waals surface area contributed by atoms with Crippen LogP contribution in [-0.2, 0) is 4.74 Å². The van der Waals surface area contributed by atoms with E-state index in [9.17, 15) is 4.79 Å². The van der Waals surface area contributed by atoms with E-state index >= 15 is 0 Å². The normalized spacial score (nSPS) is 14.5. The highest BCUT2D eigenvalue weighted by Gasteiger charge is 2.16. The molecule has 8 nitrogen and oxygen atoms in total. The fourth-order valence-electron chi connectivity index (χ4n) is 3.64. The molecule has 32 heavy (non-hydrogen) atoms. The maximum Gasteiger partial charge on any atom is 0.250 e. The van der Waals surface area contributed by atoms with Crippen molar-refractivity contribution in [2.24, 2.45) is 0 Å². The third-order valence-corrected chi connectivity index (χ3v) is 5.81. The third-order valence-electron chi connectivity index (χ3n) is 5.24. The zero-order valence-electron chi connectivity index (χ0n) is 17.6. The number of methoxy groups -OCH3 is 1. The van der Waals surface area contributed by atoms with Gasteiger partial charge in [0.2, 0.25) is 0 Å². The second-order valence-electron chi connectivity index (χ2n) is 7.33. The van der Waals surface area contributed by atoms with Crippen LogP contribution in [0.5, 0.6) is 11.5 Å². The number of rotatable bonds is 8. The van der Waals surface area contributed by atoms with Crippen molar-refractivity contribution in [1.29, 1.82) is 0 Å². The summed E-state index contributed by atoms with van der Waals surface area (Å²) >= 11 is 12.5. The predicted octanol–water partition coefficient (Wildman–Crippen LogP) is 4.08. The molecule has 0 aliphatic carbocycles. The zero-order valence-corrected chi connectivity index (χ0v) is 19.1. The maximum absolute atomic E-state index is 12.5. The number of pyridine rings is 2. The topological polar surface area (TPSA) is 88.7 Å². The summed E-state index contributed by atoms with van der Waals surface area (Å²) < 4.78 is 17.0. The lowest BCUT2D eigenvalue weighted by molar-refractivity contribution is 0.0358. The summed E-state index contributed by atoms with van der Waals surface area (Å²) in [5.41, 5.74) is 1.25. The van der Waals surface area contributed by atoms with Crippen LogP contribution in [0.25, 0.3) is 10.9 Å². The van der Waals surface area contributed by atoms with Crippen molar-refractivity contribution < 1.29 is 14.2 Å². The molecule has 0 radical (unpaired) electrons. The Morgan fingerprint density at radius 2 is 1.97 bits per heavy atom. The Hall–Kier alpha value is -2.52. The number of nitrogens with zero attached hydrogens (tertiary/aromatic N) is 2. The summed E-state index contributed by atoms with van der Waals surface area (Å²) in [5, 5.41) is 4.59. The van der Waals surface area contributed by atoms with E-state index in [0.717, 1.165) is 44.7 Å². The van der Waals surface area contributed by atoms with Gasteiger partial charge in [-0.1, -0.05) is 23.2 Å². The molecule has 2 aromatic heterocycles. The van der Waals surface area contributed by atoms with Crippen molar-refractivity contribution in [3.05, 3.63) is 51.0 Å². The van der Waals surface area contributed by atoms with E-state index in [-0.39, 0.29) is 5.56 Å².